The number of hydrogen-bond donors (Lipinski definition) is 2. The number of carbonyl (C=O) groups excluding carboxylic acids is 1. The number of methoxy groups -OCH3 is 1. The number of hydrogen-bond acceptors (Lipinski definition) is 6. The molecule has 1 aromatic heterocycles. The van der Waals surface area contributed by atoms with Crippen LogP contribution in [0.3, 0.4) is 0 Å². The summed E-state index contributed by atoms with van der Waals surface area (Å²) in [5.41, 5.74) is 4.33. The number of allylic oxidation sites excluding steroid dienone is 1. The molecular weight excluding hydrogens is 356 g/mol. The molecule has 1 aromatic carbocycles. The van der Waals surface area contributed by atoms with Crippen molar-refractivity contribution in [3.05, 3.63) is 41.4 Å². The lowest BCUT2D eigenvalue weighted by Crippen LogP contribution is -2.22. The van der Waals surface area contributed by atoms with Crippen molar-refractivity contribution in [3.63, 3.8) is 0 Å². The van der Waals surface area contributed by atoms with Crippen LogP contribution in [0.2, 0.25) is 0 Å². The maximum Gasteiger partial charge on any atom is 0.254 e. The van der Waals surface area contributed by atoms with Crippen molar-refractivity contribution >= 4 is 29.1 Å². The molecule has 2 aliphatic rings. The van der Waals surface area contributed by atoms with Gasteiger partial charge in [-0.15, -0.1) is 0 Å². The molecule has 0 radical (unpaired) electrons. The second-order valence-electron chi connectivity index (χ2n) is 6.92. The summed E-state index contributed by atoms with van der Waals surface area (Å²) >= 11 is 0. The zero-order valence-electron chi connectivity index (χ0n) is 16.3. The number of amides is 1. The standard InChI is InChI=1S/C21H22N4O3/c1-11-7-15(27-4)19-16(8-11)28-20-17(13-9-23-6-5-12(13)2)24-10-14(18(20)25-19)21(26)22-3/h6-10,12,25H,5H2,1-4H3,(H,22,26). The Bertz CT molecular complexity index is 1030. The first-order valence-electron chi connectivity index (χ1n) is 9.14. The molecule has 7 heteroatoms. The third-order valence-corrected chi connectivity index (χ3v) is 4.98. The van der Waals surface area contributed by atoms with Crippen molar-refractivity contribution in [1.82, 2.24) is 10.3 Å². The van der Waals surface area contributed by atoms with Crippen LogP contribution in [-0.4, -0.2) is 31.3 Å². The van der Waals surface area contributed by atoms with Crippen molar-refractivity contribution < 1.29 is 14.3 Å². The number of nitrogens with one attached hydrogen (secondary N) is 2. The number of nitrogens with zero attached hydrogens (tertiary/aromatic N) is 2. The molecule has 2 aromatic rings. The number of benzene rings is 1. The van der Waals surface area contributed by atoms with Gasteiger partial charge in [0.15, 0.2) is 11.5 Å². The number of aromatic nitrogens is 1. The highest BCUT2D eigenvalue weighted by molar-refractivity contribution is 6.03. The Morgan fingerprint density at radius 3 is 2.89 bits per heavy atom. The highest BCUT2D eigenvalue weighted by Gasteiger charge is 2.30. The molecule has 1 unspecified atom stereocenters. The van der Waals surface area contributed by atoms with Crippen LogP contribution in [0, 0.1) is 12.8 Å². The van der Waals surface area contributed by atoms with Gasteiger partial charge in [0.1, 0.15) is 17.1 Å². The van der Waals surface area contributed by atoms with Crippen LogP contribution in [0.5, 0.6) is 17.2 Å². The van der Waals surface area contributed by atoms with E-state index >= 15 is 0 Å². The molecule has 0 bridgehead atoms. The van der Waals surface area contributed by atoms with Crippen molar-refractivity contribution in [3.8, 4) is 17.2 Å². The molecule has 2 aliphatic heterocycles. The van der Waals surface area contributed by atoms with Crippen molar-refractivity contribution in [2.75, 3.05) is 19.5 Å². The summed E-state index contributed by atoms with van der Waals surface area (Å²) < 4.78 is 11.8. The Morgan fingerprint density at radius 1 is 1.36 bits per heavy atom. The zero-order chi connectivity index (χ0) is 19.8. The van der Waals surface area contributed by atoms with Crippen LogP contribution in [0.15, 0.2) is 29.5 Å². The van der Waals surface area contributed by atoms with E-state index in [0.29, 0.717) is 39.9 Å². The molecule has 0 saturated carbocycles. The largest absolute Gasteiger partial charge is 0.494 e. The van der Waals surface area contributed by atoms with Gasteiger partial charge in [0.25, 0.3) is 5.91 Å². The maximum absolute atomic E-state index is 12.4. The van der Waals surface area contributed by atoms with E-state index in [0.717, 1.165) is 17.6 Å². The van der Waals surface area contributed by atoms with Crippen LogP contribution in [0.4, 0.5) is 11.4 Å². The molecule has 2 N–H and O–H groups in total. The van der Waals surface area contributed by atoms with Crippen LogP contribution in [0.1, 0.15) is 35.0 Å². The molecule has 28 heavy (non-hydrogen) atoms. The lowest BCUT2D eigenvalue weighted by molar-refractivity contribution is 0.0963. The second kappa shape index (κ2) is 6.99. The van der Waals surface area contributed by atoms with E-state index < -0.39 is 0 Å². The van der Waals surface area contributed by atoms with E-state index in [-0.39, 0.29) is 11.8 Å². The number of aliphatic imine (C=N–C) groups is 1. The quantitative estimate of drug-likeness (QED) is 0.718. The Labute approximate surface area is 163 Å². The van der Waals surface area contributed by atoms with E-state index in [2.05, 4.69) is 27.5 Å². The molecule has 144 valence electrons. The average molecular weight is 378 g/mol. The molecule has 1 amide bonds. The molecule has 0 fully saturated rings. The van der Waals surface area contributed by atoms with Gasteiger partial charge in [-0.3, -0.25) is 14.8 Å². The molecule has 0 saturated heterocycles. The summed E-state index contributed by atoms with van der Waals surface area (Å²) in [5.74, 6) is 1.81. The van der Waals surface area contributed by atoms with E-state index in [1.165, 1.54) is 0 Å². The van der Waals surface area contributed by atoms with E-state index in [9.17, 15) is 4.79 Å². The number of anilines is 2. The number of carbonyl (C=O) groups is 1. The van der Waals surface area contributed by atoms with Gasteiger partial charge in [0, 0.05) is 31.2 Å². The first-order chi connectivity index (χ1) is 13.5. The molecule has 4 rings (SSSR count). The Hall–Kier alpha value is -3.35. The molecule has 1 atom stereocenters. The normalized spacial score (nSPS) is 16.9. The minimum atomic E-state index is -0.246. The smallest absolute Gasteiger partial charge is 0.254 e. The van der Waals surface area contributed by atoms with Gasteiger partial charge in [-0.2, -0.15) is 0 Å². The molecular formula is C21H22N4O3. The van der Waals surface area contributed by atoms with Crippen LogP contribution in [0.25, 0.3) is 5.57 Å². The minimum Gasteiger partial charge on any atom is -0.494 e. The Morgan fingerprint density at radius 2 is 2.18 bits per heavy atom. The summed E-state index contributed by atoms with van der Waals surface area (Å²) in [4.78, 5) is 21.3. The van der Waals surface area contributed by atoms with Gasteiger partial charge in [0.05, 0.1) is 18.4 Å². The van der Waals surface area contributed by atoms with Gasteiger partial charge in [-0.25, -0.2) is 0 Å². The summed E-state index contributed by atoms with van der Waals surface area (Å²) in [6.07, 6.45) is 6.10. The van der Waals surface area contributed by atoms with E-state index in [4.69, 9.17) is 9.47 Å². The molecule has 7 nitrogen and oxygen atoms in total. The summed E-state index contributed by atoms with van der Waals surface area (Å²) in [6, 6.07) is 3.85. The molecule has 0 aliphatic carbocycles. The first kappa shape index (κ1) is 18.0. The fraction of sp³-hybridized carbons (Fsp3) is 0.286. The summed E-state index contributed by atoms with van der Waals surface area (Å²) in [7, 11) is 3.20. The van der Waals surface area contributed by atoms with Crippen LogP contribution < -0.4 is 20.1 Å². The third kappa shape index (κ3) is 2.89. The Balaban J connectivity index is 1.93. The molecule has 0 spiro atoms. The summed E-state index contributed by atoms with van der Waals surface area (Å²) in [6.45, 7) is 4.09. The van der Waals surface area contributed by atoms with Gasteiger partial charge < -0.3 is 20.1 Å². The number of fused-ring (bicyclic) bond motifs is 2. The van der Waals surface area contributed by atoms with Crippen molar-refractivity contribution in [2.45, 2.75) is 20.3 Å². The average Bonchev–Trinajstić information content (AvgIpc) is 2.71. The first-order valence-corrected chi connectivity index (χ1v) is 9.14. The zero-order valence-corrected chi connectivity index (χ0v) is 16.3. The predicted molar refractivity (Wildman–Crippen MR) is 109 cm³/mol. The SMILES string of the molecule is CNC(=O)c1cnc(C2=CN=CCC2C)c2c1Nc1c(OC)cc(C)cc1O2. The van der Waals surface area contributed by atoms with E-state index in [1.807, 2.05) is 31.5 Å². The number of rotatable bonds is 3. The lowest BCUT2D eigenvalue weighted by atomic mass is 9.92. The monoisotopic (exact) mass is 378 g/mol. The van der Waals surface area contributed by atoms with E-state index in [1.54, 1.807) is 20.4 Å². The number of ether oxygens (including phenoxy) is 2. The second-order valence-corrected chi connectivity index (χ2v) is 6.92. The number of aryl methyl sites for hydroxylation is 1. The van der Waals surface area contributed by atoms with Gasteiger partial charge >= 0.3 is 0 Å². The van der Waals surface area contributed by atoms with Crippen LogP contribution >= 0.6 is 0 Å². The van der Waals surface area contributed by atoms with Crippen LogP contribution in [-0.2, 0) is 0 Å². The molecule has 3 heterocycles. The van der Waals surface area contributed by atoms with Gasteiger partial charge in [-0.1, -0.05) is 6.92 Å². The third-order valence-electron chi connectivity index (χ3n) is 4.98. The fourth-order valence-electron chi connectivity index (χ4n) is 3.45. The van der Waals surface area contributed by atoms with Gasteiger partial charge in [-0.05, 0) is 37.0 Å². The highest BCUT2D eigenvalue weighted by Crippen LogP contribution is 2.51. The Kier molecular flexibility index (Phi) is 4.50. The van der Waals surface area contributed by atoms with Crippen molar-refractivity contribution in [1.29, 1.82) is 0 Å². The number of pyridine rings is 1. The summed E-state index contributed by atoms with van der Waals surface area (Å²) in [5, 5.41) is 6.01. The lowest BCUT2D eigenvalue weighted by Gasteiger charge is -2.28. The topological polar surface area (TPSA) is 84.8 Å². The highest BCUT2D eigenvalue weighted by atomic mass is 16.5. The minimum absolute atomic E-state index is 0.246. The predicted octanol–water partition coefficient (Wildman–Crippen LogP) is 4.06. The van der Waals surface area contributed by atoms with Gasteiger partial charge in [0.2, 0.25) is 0 Å². The fourth-order valence-corrected chi connectivity index (χ4v) is 3.45. The maximum atomic E-state index is 12.4. The van der Waals surface area contributed by atoms with Crippen molar-refractivity contribution in [2.24, 2.45) is 10.9 Å².